The predicted octanol–water partition coefficient (Wildman–Crippen LogP) is 7.02. The largest absolute Gasteiger partial charge is 0.358 e. The van der Waals surface area contributed by atoms with Gasteiger partial charge in [0, 0.05) is 63.4 Å². The second kappa shape index (κ2) is 12.1. The van der Waals surface area contributed by atoms with Gasteiger partial charge in [0.1, 0.15) is 0 Å². The first-order valence-electron chi connectivity index (χ1n) is 16.5. The van der Waals surface area contributed by atoms with Crippen LogP contribution in [0.15, 0.2) is 21.8 Å². The van der Waals surface area contributed by atoms with Crippen LogP contribution in [-0.2, 0) is 32.1 Å². The maximum atomic E-state index is 5.51. The third-order valence-electron chi connectivity index (χ3n) is 10.3. The standard InChI is InChI=1S/C36H52N4/c1-9-21-22(10-2)30-18-32-25(13-5)26(14-6)34(39-32)20-36-28(16-8)27(15-7)35(40-36)19-33-24(12-4)23(11-3)31(38-33)17-29(21)37-30/h17-19,21-22,25-26,34,38,40H,9-16,20H2,1-8H3/b30-18?,31-17-,33-19?/t21-,22-,25+,26?,34?/m0/s1. The second-order valence-corrected chi connectivity index (χ2v) is 12.1. The van der Waals surface area contributed by atoms with Crippen molar-refractivity contribution in [1.29, 1.82) is 0 Å². The first kappa shape index (κ1) is 28.9. The Kier molecular flexibility index (Phi) is 8.73. The van der Waals surface area contributed by atoms with E-state index in [4.69, 9.17) is 9.98 Å². The minimum Gasteiger partial charge on any atom is -0.358 e. The normalized spacial score (nSPS) is 26.6. The lowest BCUT2D eigenvalue weighted by Crippen LogP contribution is -2.24. The molecule has 0 aromatic carbocycles. The molecule has 8 bridgehead atoms. The van der Waals surface area contributed by atoms with Gasteiger partial charge in [0.2, 0.25) is 0 Å². The van der Waals surface area contributed by atoms with E-state index in [0.29, 0.717) is 29.7 Å². The molecule has 0 aliphatic carbocycles. The van der Waals surface area contributed by atoms with E-state index in [0.717, 1.165) is 51.4 Å². The summed E-state index contributed by atoms with van der Waals surface area (Å²) in [6, 6.07) is 0.324. The minimum absolute atomic E-state index is 0.324. The molecule has 2 aromatic rings. The van der Waals surface area contributed by atoms with Crippen molar-refractivity contribution in [2.45, 2.75) is 119 Å². The van der Waals surface area contributed by atoms with E-state index in [9.17, 15) is 0 Å². The van der Waals surface area contributed by atoms with E-state index in [1.807, 2.05) is 0 Å². The van der Waals surface area contributed by atoms with Crippen molar-refractivity contribution in [2.24, 2.45) is 33.7 Å². The van der Waals surface area contributed by atoms with E-state index >= 15 is 0 Å². The lowest BCUT2D eigenvalue weighted by atomic mass is 9.80. The maximum absolute atomic E-state index is 5.51. The van der Waals surface area contributed by atoms with Gasteiger partial charge in [0.05, 0.1) is 6.04 Å². The summed E-state index contributed by atoms with van der Waals surface area (Å²) >= 11 is 0. The fourth-order valence-corrected chi connectivity index (χ4v) is 8.39. The number of hydrogen-bond acceptors (Lipinski definition) is 2. The van der Waals surface area contributed by atoms with Crippen LogP contribution in [0.25, 0.3) is 12.2 Å². The predicted molar refractivity (Wildman–Crippen MR) is 172 cm³/mol. The molecule has 5 rings (SSSR count). The van der Waals surface area contributed by atoms with Crippen LogP contribution in [-0.4, -0.2) is 27.4 Å². The van der Waals surface area contributed by atoms with Crippen molar-refractivity contribution in [2.75, 3.05) is 0 Å². The molecule has 5 atom stereocenters. The summed E-state index contributed by atoms with van der Waals surface area (Å²) in [5.74, 6) is 2.02. The third-order valence-corrected chi connectivity index (χ3v) is 10.3. The van der Waals surface area contributed by atoms with Crippen LogP contribution >= 0.6 is 0 Å². The summed E-state index contributed by atoms with van der Waals surface area (Å²) in [5, 5.41) is 2.51. The van der Waals surface area contributed by atoms with E-state index in [2.05, 4.69) is 83.6 Å². The Morgan fingerprint density at radius 2 is 1.25 bits per heavy atom. The van der Waals surface area contributed by atoms with Gasteiger partial charge >= 0.3 is 0 Å². The molecule has 0 spiro atoms. The molecule has 4 nitrogen and oxygen atoms in total. The Bertz CT molecular complexity index is 1440. The molecule has 216 valence electrons. The lowest BCUT2D eigenvalue weighted by molar-refractivity contribution is 0.355. The number of nitrogens with one attached hydrogen (secondary N) is 2. The van der Waals surface area contributed by atoms with Gasteiger partial charge in [0.15, 0.2) is 0 Å². The van der Waals surface area contributed by atoms with Crippen molar-refractivity contribution >= 4 is 23.6 Å². The van der Waals surface area contributed by atoms with Crippen LogP contribution in [0.1, 0.15) is 115 Å². The molecule has 4 heteroatoms. The van der Waals surface area contributed by atoms with Crippen molar-refractivity contribution in [1.82, 2.24) is 9.97 Å². The molecule has 0 saturated carbocycles. The molecule has 5 heterocycles. The van der Waals surface area contributed by atoms with E-state index in [1.165, 1.54) is 67.9 Å². The average Bonchev–Trinajstić information content (AvgIpc) is 3.67. The SMILES string of the molecule is CCc1c2[nH]c(c1CC)CC1N=C(C=C3N=C(/C=c4\[nH]c(c(CC)c4CC)=C2)[C@@H](CC)[C@@H]3CC)[C@H](CC)C1CC. The third kappa shape index (κ3) is 4.80. The Morgan fingerprint density at radius 3 is 1.82 bits per heavy atom. The van der Waals surface area contributed by atoms with Gasteiger partial charge in [-0.3, -0.25) is 9.98 Å². The van der Waals surface area contributed by atoms with Gasteiger partial charge < -0.3 is 9.97 Å². The molecule has 0 amide bonds. The van der Waals surface area contributed by atoms with Crippen LogP contribution in [0, 0.1) is 23.7 Å². The number of rotatable bonds is 8. The molecule has 0 fully saturated rings. The Morgan fingerprint density at radius 1 is 0.625 bits per heavy atom. The van der Waals surface area contributed by atoms with Crippen LogP contribution in [0.3, 0.4) is 0 Å². The summed E-state index contributed by atoms with van der Waals surface area (Å²) in [6.07, 6.45) is 16.9. The zero-order chi connectivity index (χ0) is 28.6. The van der Waals surface area contributed by atoms with Gasteiger partial charge in [0.25, 0.3) is 0 Å². The highest BCUT2D eigenvalue weighted by Crippen LogP contribution is 2.40. The molecule has 3 aliphatic rings. The topological polar surface area (TPSA) is 56.3 Å². The monoisotopic (exact) mass is 540 g/mol. The molecule has 2 unspecified atom stereocenters. The number of aromatic amines is 2. The Labute approximate surface area is 242 Å². The fraction of sp³-hybridized carbons (Fsp3) is 0.611. The zero-order valence-electron chi connectivity index (χ0n) is 26.4. The smallest absolute Gasteiger partial charge is 0.0592 e. The average molecular weight is 541 g/mol. The van der Waals surface area contributed by atoms with Crippen molar-refractivity contribution in [3.05, 3.63) is 56.1 Å². The van der Waals surface area contributed by atoms with Gasteiger partial charge in [-0.15, -0.1) is 0 Å². The highest BCUT2D eigenvalue weighted by atomic mass is 14.9. The lowest BCUT2D eigenvalue weighted by Gasteiger charge is -2.23. The molecule has 40 heavy (non-hydrogen) atoms. The van der Waals surface area contributed by atoms with Crippen LogP contribution in [0.5, 0.6) is 0 Å². The molecular formula is C36H52N4. The van der Waals surface area contributed by atoms with Crippen molar-refractivity contribution in [3.8, 4) is 0 Å². The number of H-pyrrole nitrogens is 2. The summed E-state index contributed by atoms with van der Waals surface area (Å²) in [7, 11) is 0. The highest BCUT2D eigenvalue weighted by molar-refractivity contribution is 6.14. The number of aromatic nitrogens is 2. The molecule has 0 radical (unpaired) electrons. The second-order valence-electron chi connectivity index (χ2n) is 12.1. The molecular weight excluding hydrogens is 488 g/mol. The first-order valence-corrected chi connectivity index (χ1v) is 16.5. The van der Waals surface area contributed by atoms with Gasteiger partial charge in [-0.05, 0) is 91.3 Å². The molecule has 3 aliphatic heterocycles. The number of aliphatic imine (C=N–C) groups is 2. The van der Waals surface area contributed by atoms with E-state index in [-0.39, 0.29) is 0 Å². The van der Waals surface area contributed by atoms with E-state index < -0.39 is 0 Å². The Balaban J connectivity index is 1.83. The number of allylic oxidation sites excluding steroid dienone is 2. The van der Waals surface area contributed by atoms with Crippen molar-refractivity contribution in [3.63, 3.8) is 0 Å². The van der Waals surface area contributed by atoms with Gasteiger partial charge in [-0.1, -0.05) is 61.8 Å². The quantitative estimate of drug-likeness (QED) is 0.361. The number of hydrogen-bond donors (Lipinski definition) is 2. The van der Waals surface area contributed by atoms with Crippen molar-refractivity contribution < 1.29 is 0 Å². The highest BCUT2D eigenvalue weighted by Gasteiger charge is 2.38. The van der Waals surface area contributed by atoms with Crippen LogP contribution in [0.4, 0.5) is 0 Å². The Hall–Kier alpha value is -2.62. The van der Waals surface area contributed by atoms with Gasteiger partial charge in [-0.2, -0.15) is 0 Å². The summed E-state index contributed by atoms with van der Waals surface area (Å²) < 4.78 is 0. The minimum atomic E-state index is 0.324. The molecule has 2 N–H and O–H groups in total. The maximum Gasteiger partial charge on any atom is 0.0592 e. The summed E-state index contributed by atoms with van der Waals surface area (Å²) in [4.78, 5) is 18.7. The number of fused-ring (bicyclic) bond motifs is 6. The van der Waals surface area contributed by atoms with Gasteiger partial charge in [-0.25, -0.2) is 0 Å². The molecule has 0 saturated heterocycles. The van der Waals surface area contributed by atoms with E-state index in [1.54, 1.807) is 0 Å². The summed E-state index contributed by atoms with van der Waals surface area (Å²) in [6.45, 7) is 18.6. The first-order chi connectivity index (χ1) is 19.5. The summed E-state index contributed by atoms with van der Waals surface area (Å²) in [5.41, 5.74) is 12.4. The van der Waals surface area contributed by atoms with Crippen LogP contribution in [0.2, 0.25) is 0 Å². The zero-order valence-corrected chi connectivity index (χ0v) is 26.4. The van der Waals surface area contributed by atoms with Crippen LogP contribution < -0.4 is 10.7 Å². The number of nitrogens with zero attached hydrogens (tertiary/aromatic N) is 2. The molecule has 2 aromatic heterocycles. The fourth-order valence-electron chi connectivity index (χ4n) is 8.39.